The summed E-state index contributed by atoms with van der Waals surface area (Å²) in [6.07, 6.45) is -25.7. The van der Waals surface area contributed by atoms with Crippen molar-refractivity contribution in [3.8, 4) is 50.6 Å². The molecule has 108 heavy (non-hydrogen) atoms. The monoisotopic (exact) mass is 1550 g/mol. The molecule has 3 saturated heterocycles. The number of carboxylic acids is 3. The number of rotatable bonds is 33. The van der Waals surface area contributed by atoms with Crippen LogP contribution in [0.3, 0.4) is 0 Å². The van der Waals surface area contributed by atoms with Crippen LogP contribution in [0.2, 0.25) is 0 Å². The predicted octanol–water partition coefficient (Wildman–Crippen LogP) is 3.45. The molecule has 0 aromatic heterocycles. The zero-order chi connectivity index (χ0) is 77.9. The number of ketones is 3. The van der Waals surface area contributed by atoms with Gasteiger partial charge in [0.2, 0.25) is 18.9 Å². The second kappa shape index (κ2) is 37.0. The number of hydrogen-bond donors (Lipinski definition) is 18. The molecule has 15 N–H and O–H groups in total. The number of carbonyl (C=O) groups is 6. The zero-order valence-electron chi connectivity index (χ0n) is 57.7. The first-order valence-electron chi connectivity index (χ1n) is 34.5. The number of aliphatic hydroxyl groups is 12. The lowest BCUT2D eigenvalue weighted by Crippen LogP contribution is -2.60. The first-order chi connectivity index (χ1) is 51.5. The van der Waals surface area contributed by atoms with Crippen molar-refractivity contribution < 1.29 is 134 Å². The largest absolute Gasteiger partial charge is 0.481 e. The smallest absolute Gasteiger partial charge is 0.307 e. The Balaban J connectivity index is 0.934. The van der Waals surface area contributed by atoms with Gasteiger partial charge in [-0.2, -0.15) is 37.9 Å². The Labute approximate surface area is 635 Å². The molecule has 3 heterocycles. The molecule has 0 aliphatic carbocycles. The number of hydrogen-bond acceptors (Lipinski definition) is 27. The topological polar surface area (TPSA) is 461 Å². The van der Waals surface area contributed by atoms with Gasteiger partial charge in [0.05, 0.1) is 39.1 Å². The van der Waals surface area contributed by atoms with Crippen LogP contribution in [-0.2, 0) is 67.1 Å². The van der Waals surface area contributed by atoms with E-state index >= 15 is 0 Å². The number of Topliss-reactive ketones (excluding diaryl/α,β-unsaturated/α-hetero) is 3. The Bertz CT molecular complexity index is 3920. The number of benzene rings is 7. The number of aliphatic carboxylic acids is 3. The third kappa shape index (κ3) is 20.6. The molecule has 0 spiro atoms. The van der Waals surface area contributed by atoms with Crippen molar-refractivity contribution in [3.63, 3.8) is 0 Å². The van der Waals surface area contributed by atoms with Gasteiger partial charge >= 0.3 is 17.9 Å². The fourth-order valence-electron chi connectivity index (χ4n) is 13.3. The zero-order valence-corrected chi connectivity index (χ0v) is 60.4. The summed E-state index contributed by atoms with van der Waals surface area (Å²) >= 11 is 14.8. The van der Waals surface area contributed by atoms with Crippen molar-refractivity contribution in [2.75, 3.05) is 19.8 Å². The lowest BCUT2D eigenvalue weighted by molar-refractivity contribution is -0.277. The molecule has 30 heteroatoms. The van der Waals surface area contributed by atoms with Gasteiger partial charge in [-0.3, -0.25) is 28.8 Å². The molecule has 18 atom stereocenters. The van der Waals surface area contributed by atoms with E-state index in [9.17, 15) is 105 Å². The third-order valence-corrected chi connectivity index (χ3v) is 19.8. The number of thiol groups is 3. The first-order valence-corrected chi connectivity index (χ1v) is 36.1. The standard InChI is InChI=1S/C78H84O27S3/c79-34-61-67(91)70(94)73(97)76(103-61)100-58-13-10-46(28-52(58)43-7-1-4-37(19-43)25-64(85)86)55(82)31-49(106)22-40-16-41(23-50(107)32-56(83)47-11-14-59(101-77-74(98)71(95)68(92)62(35-80)104-77)53(29-47)44-8-2-5-38(20-44)26-65(87)88)18-42(17-40)24-51(108)33-57(84)48-12-15-60(102-78-75(99)72(96)69(93)63(36-81)105-78)54(30-48)45-9-3-6-39(21-45)27-66(89)90/h1-21,28-30,49-51,61-63,67-81,91-99,106-108H,22-27,31-36H2,(H,85,86)(H,87,88)(H,89,90)/t49?,50?,51?,61-,62-,63-,67-,68-,69-,70+,71+,72+,73+,74+,75+,76+,77+,78+/m1/s1. The van der Waals surface area contributed by atoms with Gasteiger partial charge in [-0.05, 0) is 124 Å². The summed E-state index contributed by atoms with van der Waals surface area (Å²) in [5.41, 5.74) is 5.63. The molecule has 10 rings (SSSR count). The molecular formula is C78H84O27S3. The van der Waals surface area contributed by atoms with Crippen LogP contribution in [0.5, 0.6) is 17.2 Å². The van der Waals surface area contributed by atoms with Crippen molar-refractivity contribution in [2.45, 2.75) is 166 Å². The van der Waals surface area contributed by atoms with E-state index in [1.54, 1.807) is 72.8 Å². The summed E-state index contributed by atoms with van der Waals surface area (Å²) in [7, 11) is 0. The van der Waals surface area contributed by atoms with Crippen molar-refractivity contribution in [2.24, 2.45) is 0 Å². The van der Waals surface area contributed by atoms with E-state index < -0.39 is 163 Å². The lowest BCUT2D eigenvalue weighted by atomic mass is 9.92. The van der Waals surface area contributed by atoms with E-state index in [2.05, 4.69) is 0 Å². The highest BCUT2D eigenvalue weighted by Gasteiger charge is 2.48. The molecule has 0 radical (unpaired) electrons. The van der Waals surface area contributed by atoms with Crippen LogP contribution in [0.1, 0.15) is 83.7 Å². The highest BCUT2D eigenvalue weighted by molar-refractivity contribution is 7.81. The molecule has 3 aliphatic rings. The van der Waals surface area contributed by atoms with Gasteiger partial charge in [0.15, 0.2) is 17.3 Å². The van der Waals surface area contributed by atoms with Crippen LogP contribution in [0.25, 0.3) is 33.4 Å². The summed E-state index contributed by atoms with van der Waals surface area (Å²) in [6, 6.07) is 38.0. The Morgan fingerprint density at radius 2 is 0.593 bits per heavy atom. The molecule has 27 nitrogen and oxygen atoms in total. The molecule has 0 bridgehead atoms. The van der Waals surface area contributed by atoms with Crippen LogP contribution in [-0.4, -0.2) is 240 Å². The number of carbonyl (C=O) groups excluding carboxylic acids is 3. The number of carboxylic acid groups (broad SMARTS) is 3. The van der Waals surface area contributed by atoms with E-state index in [0.29, 0.717) is 50.1 Å². The number of aliphatic hydroxyl groups excluding tert-OH is 12. The SMILES string of the molecule is O=C(O)Cc1cccc(-c2cc(C(=O)CC(S)Cc3cc(CC(S)CC(=O)c4ccc(O[C@H]5O[C@H](CO)[C@@H](O)[C@H](O)[C@@H]5O)c(-c5cccc(CC(=O)O)c5)c4)cc(CC(S)CC(=O)c4ccc(O[C@H]5O[C@H](CO)[C@@H](O)[C@H](O)[C@@H]5O)c(-c5cccc(CC(=O)O)c5)c4)c3)ccc2O[C@H]2O[C@H](CO)[C@@H](O)[C@H](O)[C@@H]2O)c1. The molecule has 3 aliphatic heterocycles. The molecule has 3 fully saturated rings. The quantitative estimate of drug-likeness (QED) is 0.0207. The van der Waals surface area contributed by atoms with Crippen molar-refractivity contribution in [3.05, 3.63) is 196 Å². The fourth-order valence-corrected chi connectivity index (χ4v) is 14.4. The lowest BCUT2D eigenvalue weighted by Gasteiger charge is -2.39. The van der Waals surface area contributed by atoms with E-state index in [0.717, 1.165) is 0 Å². The first kappa shape index (κ1) is 82.3. The van der Waals surface area contributed by atoms with Gasteiger partial charge in [0.25, 0.3) is 0 Å². The average Bonchev–Trinajstić information content (AvgIpc) is 0.799. The number of ether oxygens (including phenoxy) is 6. The molecular weight excluding hydrogens is 1470 g/mol. The summed E-state index contributed by atoms with van der Waals surface area (Å²) in [4.78, 5) is 79.0. The van der Waals surface area contributed by atoms with Gasteiger partial charge in [0, 0.05) is 68.4 Å². The predicted molar refractivity (Wildman–Crippen MR) is 396 cm³/mol. The van der Waals surface area contributed by atoms with E-state index in [-0.39, 0.29) is 108 Å². The van der Waals surface area contributed by atoms with Crippen LogP contribution in [0, 0.1) is 0 Å². The molecule has 576 valence electrons. The van der Waals surface area contributed by atoms with Crippen molar-refractivity contribution in [1.29, 1.82) is 0 Å². The summed E-state index contributed by atoms with van der Waals surface area (Å²) in [6.45, 7) is -2.21. The maximum Gasteiger partial charge on any atom is 0.307 e. The van der Waals surface area contributed by atoms with Crippen LogP contribution in [0.4, 0.5) is 0 Å². The highest BCUT2D eigenvalue weighted by atomic mass is 32.1. The Kier molecular flexibility index (Phi) is 28.2. The van der Waals surface area contributed by atoms with Gasteiger partial charge in [-0.25, -0.2) is 0 Å². The van der Waals surface area contributed by atoms with E-state index in [4.69, 9.17) is 66.3 Å². The van der Waals surface area contributed by atoms with E-state index in [1.165, 1.54) is 54.6 Å². The minimum absolute atomic E-state index is 0.0220. The maximum absolute atomic E-state index is 14.5. The van der Waals surface area contributed by atoms with Gasteiger partial charge in [0.1, 0.15) is 90.5 Å². The third-order valence-electron chi connectivity index (χ3n) is 18.7. The molecule has 3 unspecified atom stereocenters. The minimum atomic E-state index is -1.80. The summed E-state index contributed by atoms with van der Waals surface area (Å²) in [5.74, 6) is -4.47. The van der Waals surface area contributed by atoms with Crippen LogP contribution < -0.4 is 14.2 Å². The molecule has 7 aromatic carbocycles. The van der Waals surface area contributed by atoms with Gasteiger partial charge < -0.3 is 105 Å². The Hall–Kier alpha value is -8.19. The Morgan fingerprint density at radius 1 is 0.333 bits per heavy atom. The molecule has 0 amide bonds. The van der Waals surface area contributed by atoms with Crippen molar-refractivity contribution >= 4 is 73.1 Å². The summed E-state index contributed by atoms with van der Waals surface area (Å²) < 4.78 is 35.2. The van der Waals surface area contributed by atoms with Gasteiger partial charge in [-0.15, -0.1) is 0 Å². The minimum Gasteiger partial charge on any atom is -0.481 e. The van der Waals surface area contributed by atoms with Crippen LogP contribution >= 0.6 is 37.9 Å². The van der Waals surface area contributed by atoms with Crippen molar-refractivity contribution in [1.82, 2.24) is 0 Å². The maximum atomic E-state index is 14.5. The van der Waals surface area contributed by atoms with Crippen LogP contribution in [0.15, 0.2) is 146 Å². The second-order valence-corrected chi connectivity index (χ2v) is 29.2. The molecule has 0 saturated carbocycles. The van der Waals surface area contributed by atoms with E-state index in [1.807, 2.05) is 18.2 Å². The highest BCUT2D eigenvalue weighted by Crippen LogP contribution is 2.40. The molecule has 7 aromatic rings. The van der Waals surface area contributed by atoms with Gasteiger partial charge in [-0.1, -0.05) is 91.0 Å². The second-order valence-electron chi connectivity index (χ2n) is 27.0. The normalized spacial score (nSPS) is 25.1. The Morgan fingerprint density at radius 3 is 0.833 bits per heavy atom. The fraction of sp³-hybridized carbons (Fsp3) is 0.385. The average molecular weight is 1550 g/mol. The summed E-state index contributed by atoms with van der Waals surface area (Å²) in [5, 5.41) is 152.